The summed E-state index contributed by atoms with van der Waals surface area (Å²) in [6.07, 6.45) is 16.4. The predicted molar refractivity (Wildman–Crippen MR) is 108 cm³/mol. The summed E-state index contributed by atoms with van der Waals surface area (Å²) in [6, 6.07) is 0. The maximum Gasteiger partial charge on any atom is -0.0323 e. The van der Waals surface area contributed by atoms with Crippen LogP contribution in [-0.2, 0) is 0 Å². The summed E-state index contributed by atoms with van der Waals surface area (Å²) in [5.74, 6) is 3.52. The van der Waals surface area contributed by atoms with Crippen LogP contribution in [0.15, 0.2) is 11.6 Å². The molecule has 0 aliphatic rings. The molecule has 0 saturated carbocycles. The second kappa shape index (κ2) is 14.1. The summed E-state index contributed by atoms with van der Waals surface area (Å²) in [7, 11) is 0. The fourth-order valence-electron chi connectivity index (χ4n) is 3.25. The highest BCUT2D eigenvalue weighted by Crippen LogP contribution is 2.22. The van der Waals surface area contributed by atoms with Crippen LogP contribution < -0.4 is 0 Å². The molecule has 0 heterocycles. The summed E-state index contributed by atoms with van der Waals surface area (Å²) in [5.41, 5.74) is 1.60. The molecule has 0 amide bonds. The van der Waals surface area contributed by atoms with Gasteiger partial charge in [-0.3, -0.25) is 0 Å². The van der Waals surface area contributed by atoms with Crippen LogP contribution in [0.1, 0.15) is 113 Å². The van der Waals surface area contributed by atoms with Crippen molar-refractivity contribution in [1.29, 1.82) is 0 Å². The monoisotopic (exact) mass is 322 g/mol. The first-order valence-electron chi connectivity index (χ1n) is 10.5. The highest BCUT2D eigenvalue weighted by Gasteiger charge is 2.06. The largest absolute Gasteiger partial charge is 0.0854 e. The molecule has 0 rings (SSSR count). The Bertz CT molecular complexity index is 284. The lowest BCUT2D eigenvalue weighted by Gasteiger charge is -2.15. The third-order valence-electron chi connectivity index (χ3n) is 5.08. The van der Waals surface area contributed by atoms with Crippen molar-refractivity contribution in [2.45, 2.75) is 113 Å². The Morgan fingerprint density at radius 2 is 1.13 bits per heavy atom. The molecular formula is C23H46. The summed E-state index contributed by atoms with van der Waals surface area (Å²) in [5, 5.41) is 0. The van der Waals surface area contributed by atoms with Crippen molar-refractivity contribution >= 4 is 0 Å². The number of hydrogen-bond acceptors (Lipinski definition) is 0. The minimum absolute atomic E-state index is 0.798. The number of hydrogen-bond donors (Lipinski definition) is 0. The lowest BCUT2D eigenvalue weighted by molar-refractivity contribution is 0.389. The highest BCUT2D eigenvalue weighted by molar-refractivity contribution is 4.97. The van der Waals surface area contributed by atoms with Gasteiger partial charge in [0.05, 0.1) is 0 Å². The molecule has 2 atom stereocenters. The molecule has 0 fully saturated rings. The maximum atomic E-state index is 2.45. The normalized spacial score (nSPS) is 15.4. The second-order valence-electron chi connectivity index (χ2n) is 9.04. The van der Waals surface area contributed by atoms with Crippen LogP contribution in [-0.4, -0.2) is 0 Å². The van der Waals surface area contributed by atoms with E-state index >= 15 is 0 Å². The van der Waals surface area contributed by atoms with Crippen molar-refractivity contribution in [3.63, 3.8) is 0 Å². The van der Waals surface area contributed by atoms with Gasteiger partial charge < -0.3 is 0 Å². The zero-order valence-electron chi connectivity index (χ0n) is 17.5. The molecule has 0 aliphatic heterocycles. The molecular weight excluding hydrogens is 276 g/mol. The van der Waals surface area contributed by atoms with Gasteiger partial charge in [0.2, 0.25) is 0 Å². The first kappa shape index (κ1) is 22.7. The molecule has 0 nitrogen and oxygen atoms in total. The van der Waals surface area contributed by atoms with E-state index in [1.54, 1.807) is 5.57 Å². The molecule has 0 spiro atoms. The van der Waals surface area contributed by atoms with E-state index in [9.17, 15) is 0 Å². The lowest BCUT2D eigenvalue weighted by atomic mass is 9.91. The molecule has 0 saturated heterocycles. The molecule has 138 valence electrons. The molecule has 0 bridgehead atoms. The van der Waals surface area contributed by atoms with Crippen molar-refractivity contribution in [2.75, 3.05) is 0 Å². The van der Waals surface area contributed by atoms with Crippen LogP contribution in [0.25, 0.3) is 0 Å². The Kier molecular flexibility index (Phi) is 14.0. The summed E-state index contributed by atoms with van der Waals surface area (Å²) >= 11 is 0. The molecule has 2 unspecified atom stereocenters. The van der Waals surface area contributed by atoms with Gasteiger partial charge in [0.25, 0.3) is 0 Å². The minimum Gasteiger partial charge on any atom is -0.0854 e. The van der Waals surface area contributed by atoms with Crippen LogP contribution >= 0.6 is 0 Å². The van der Waals surface area contributed by atoms with Crippen molar-refractivity contribution in [3.05, 3.63) is 11.6 Å². The number of rotatable bonds is 14. The molecule has 0 aromatic rings. The smallest absolute Gasteiger partial charge is 0.0323 e. The Morgan fingerprint density at radius 1 is 0.652 bits per heavy atom. The van der Waals surface area contributed by atoms with Crippen LogP contribution in [0.5, 0.6) is 0 Å². The van der Waals surface area contributed by atoms with Gasteiger partial charge in [-0.15, -0.1) is 0 Å². The average molecular weight is 323 g/mol. The maximum absolute atomic E-state index is 2.45. The van der Waals surface area contributed by atoms with Crippen molar-refractivity contribution in [1.82, 2.24) is 0 Å². The lowest BCUT2D eigenvalue weighted by Crippen LogP contribution is -2.00. The zero-order chi connectivity index (χ0) is 17.7. The zero-order valence-corrected chi connectivity index (χ0v) is 17.5. The third-order valence-corrected chi connectivity index (χ3v) is 5.08. The quantitative estimate of drug-likeness (QED) is 0.281. The Hall–Kier alpha value is -0.260. The molecule has 0 aliphatic carbocycles. The van der Waals surface area contributed by atoms with E-state index < -0.39 is 0 Å². The van der Waals surface area contributed by atoms with Gasteiger partial charge in [-0.2, -0.15) is 0 Å². The fraction of sp³-hybridized carbons (Fsp3) is 0.913. The van der Waals surface area contributed by atoms with Crippen LogP contribution in [0, 0.1) is 23.7 Å². The molecule has 23 heavy (non-hydrogen) atoms. The van der Waals surface area contributed by atoms with Gasteiger partial charge in [-0.05, 0) is 49.9 Å². The standard InChI is InChI=1S/C23H46/c1-19(2)11-8-12-21(5)13-9-14-22(6)15-10-16-23(7)18-17-20(3)4/h18-22H,8-17H2,1-7H3/b23-18+. The average Bonchev–Trinajstić information content (AvgIpc) is 2.44. The first-order chi connectivity index (χ1) is 10.8. The SMILES string of the molecule is C/C(=C\CC(C)C)CCCC(C)CCCC(C)CCCC(C)C. The Labute approximate surface area is 148 Å². The third kappa shape index (κ3) is 16.4. The summed E-state index contributed by atoms with van der Waals surface area (Å²) < 4.78 is 0. The van der Waals surface area contributed by atoms with Gasteiger partial charge in [0, 0.05) is 0 Å². The predicted octanol–water partition coefficient (Wildman–Crippen LogP) is 8.42. The van der Waals surface area contributed by atoms with E-state index in [2.05, 4.69) is 54.5 Å². The van der Waals surface area contributed by atoms with Crippen LogP contribution in [0.4, 0.5) is 0 Å². The number of allylic oxidation sites excluding steroid dienone is 2. The van der Waals surface area contributed by atoms with Crippen molar-refractivity contribution < 1.29 is 0 Å². The van der Waals surface area contributed by atoms with Crippen LogP contribution in [0.3, 0.4) is 0 Å². The van der Waals surface area contributed by atoms with E-state index in [1.165, 1.54) is 64.2 Å². The van der Waals surface area contributed by atoms with Gasteiger partial charge >= 0.3 is 0 Å². The van der Waals surface area contributed by atoms with Gasteiger partial charge in [0.1, 0.15) is 0 Å². The van der Waals surface area contributed by atoms with Gasteiger partial charge in [-0.25, -0.2) is 0 Å². The van der Waals surface area contributed by atoms with Gasteiger partial charge in [0.15, 0.2) is 0 Å². The highest BCUT2D eigenvalue weighted by atomic mass is 14.1. The van der Waals surface area contributed by atoms with Crippen molar-refractivity contribution in [3.8, 4) is 0 Å². The molecule has 0 aromatic heterocycles. The van der Waals surface area contributed by atoms with E-state index in [1.807, 2.05) is 0 Å². The fourth-order valence-corrected chi connectivity index (χ4v) is 3.25. The van der Waals surface area contributed by atoms with Crippen LogP contribution in [0.2, 0.25) is 0 Å². The minimum atomic E-state index is 0.798. The molecule has 0 aromatic carbocycles. The van der Waals surface area contributed by atoms with E-state index in [4.69, 9.17) is 0 Å². The van der Waals surface area contributed by atoms with E-state index in [0.29, 0.717) is 0 Å². The molecule has 0 N–H and O–H groups in total. The summed E-state index contributed by atoms with van der Waals surface area (Å²) in [6.45, 7) is 16.5. The molecule has 0 heteroatoms. The topological polar surface area (TPSA) is 0 Å². The Balaban J connectivity index is 3.59. The van der Waals surface area contributed by atoms with Crippen molar-refractivity contribution in [2.24, 2.45) is 23.7 Å². The van der Waals surface area contributed by atoms with Gasteiger partial charge in [-0.1, -0.05) is 98.1 Å². The first-order valence-corrected chi connectivity index (χ1v) is 10.5. The summed E-state index contributed by atoms with van der Waals surface area (Å²) in [4.78, 5) is 0. The second-order valence-corrected chi connectivity index (χ2v) is 9.04. The Morgan fingerprint density at radius 3 is 1.61 bits per heavy atom. The molecule has 0 radical (unpaired) electrons. The van der Waals surface area contributed by atoms with E-state index in [-0.39, 0.29) is 0 Å². The van der Waals surface area contributed by atoms with E-state index in [0.717, 1.165) is 23.7 Å².